The Bertz CT molecular complexity index is 312. The SMILES string of the molecule is CN(C)[C@H](C(=O)O)C1(C)C=CC=CC1F. The fourth-order valence-corrected chi connectivity index (χ4v) is 2.01. The molecule has 1 aliphatic carbocycles. The second-order valence-electron chi connectivity index (χ2n) is 4.22. The van der Waals surface area contributed by atoms with Gasteiger partial charge in [0.1, 0.15) is 12.2 Å². The molecule has 2 unspecified atom stereocenters. The number of nitrogens with zero attached hydrogens (tertiary/aromatic N) is 1. The molecule has 3 nitrogen and oxygen atoms in total. The Kier molecular flexibility index (Phi) is 3.29. The normalized spacial score (nSPS) is 31.9. The zero-order chi connectivity index (χ0) is 11.6. The summed E-state index contributed by atoms with van der Waals surface area (Å²) in [5.74, 6) is -1.01. The molecular formula is C11H16FNO2. The highest BCUT2D eigenvalue weighted by atomic mass is 19.1. The molecule has 1 N–H and O–H groups in total. The smallest absolute Gasteiger partial charge is 0.321 e. The van der Waals surface area contributed by atoms with Gasteiger partial charge < -0.3 is 5.11 Å². The monoisotopic (exact) mass is 213 g/mol. The minimum atomic E-state index is -1.27. The molecule has 84 valence electrons. The predicted molar refractivity (Wildman–Crippen MR) is 56.4 cm³/mol. The van der Waals surface area contributed by atoms with Crippen LogP contribution in [0.2, 0.25) is 0 Å². The van der Waals surface area contributed by atoms with E-state index in [1.165, 1.54) is 11.0 Å². The first-order chi connectivity index (χ1) is 6.89. The van der Waals surface area contributed by atoms with E-state index in [-0.39, 0.29) is 0 Å². The Hall–Kier alpha value is -1.16. The van der Waals surface area contributed by atoms with E-state index in [4.69, 9.17) is 5.11 Å². The van der Waals surface area contributed by atoms with Gasteiger partial charge in [-0.25, -0.2) is 4.39 Å². The van der Waals surface area contributed by atoms with Gasteiger partial charge in [0.05, 0.1) is 0 Å². The van der Waals surface area contributed by atoms with E-state index >= 15 is 0 Å². The van der Waals surface area contributed by atoms with Crippen LogP contribution < -0.4 is 0 Å². The Morgan fingerprint density at radius 2 is 2.13 bits per heavy atom. The summed E-state index contributed by atoms with van der Waals surface area (Å²) in [5.41, 5.74) is -1.01. The number of carboxylic acid groups (broad SMARTS) is 1. The molecule has 3 atom stereocenters. The van der Waals surface area contributed by atoms with E-state index in [9.17, 15) is 9.18 Å². The van der Waals surface area contributed by atoms with E-state index in [2.05, 4.69) is 0 Å². The van der Waals surface area contributed by atoms with Gasteiger partial charge in [0.2, 0.25) is 0 Å². The fraction of sp³-hybridized carbons (Fsp3) is 0.545. The number of carboxylic acids is 1. The molecule has 0 fully saturated rings. The molecule has 0 bridgehead atoms. The standard InChI is InChI=1S/C11H16FNO2/c1-11(7-5-4-6-8(11)12)9(10(14)15)13(2)3/h4-9H,1-3H3,(H,14,15)/t8?,9-,11?/m1/s1. The molecule has 15 heavy (non-hydrogen) atoms. The number of hydrogen-bond acceptors (Lipinski definition) is 2. The zero-order valence-electron chi connectivity index (χ0n) is 9.14. The molecule has 0 aliphatic heterocycles. The highest BCUT2D eigenvalue weighted by molar-refractivity contribution is 5.75. The maximum absolute atomic E-state index is 13.8. The van der Waals surface area contributed by atoms with E-state index in [1.54, 1.807) is 39.2 Å². The van der Waals surface area contributed by atoms with Crippen molar-refractivity contribution in [3.05, 3.63) is 24.3 Å². The van der Waals surface area contributed by atoms with Crippen molar-refractivity contribution in [1.82, 2.24) is 4.90 Å². The number of rotatable bonds is 3. The summed E-state index contributed by atoms with van der Waals surface area (Å²) in [4.78, 5) is 12.7. The van der Waals surface area contributed by atoms with E-state index in [1.807, 2.05) is 0 Å². The van der Waals surface area contributed by atoms with Gasteiger partial charge in [-0.2, -0.15) is 0 Å². The first kappa shape index (κ1) is 11.9. The topological polar surface area (TPSA) is 40.5 Å². The molecule has 0 saturated heterocycles. The van der Waals surface area contributed by atoms with Crippen molar-refractivity contribution in [3.63, 3.8) is 0 Å². The molecule has 0 amide bonds. The Morgan fingerprint density at radius 1 is 1.53 bits per heavy atom. The van der Waals surface area contributed by atoms with Crippen LogP contribution in [0.4, 0.5) is 4.39 Å². The highest BCUT2D eigenvalue weighted by Gasteiger charge is 2.45. The second kappa shape index (κ2) is 4.14. The van der Waals surface area contributed by atoms with Crippen LogP contribution in [0, 0.1) is 5.41 Å². The molecule has 0 aromatic rings. The number of allylic oxidation sites excluding steroid dienone is 3. The minimum absolute atomic E-state index is 0.867. The van der Waals surface area contributed by atoms with Crippen molar-refractivity contribution in [2.45, 2.75) is 19.1 Å². The summed E-state index contributed by atoms with van der Waals surface area (Å²) in [6.45, 7) is 1.62. The van der Waals surface area contributed by atoms with Gasteiger partial charge in [-0.1, -0.05) is 25.2 Å². The van der Waals surface area contributed by atoms with Crippen LogP contribution in [-0.2, 0) is 4.79 Å². The van der Waals surface area contributed by atoms with Gasteiger partial charge in [0.25, 0.3) is 0 Å². The third kappa shape index (κ3) is 2.09. The summed E-state index contributed by atoms with van der Waals surface area (Å²) in [6, 6.07) is -0.867. The van der Waals surface area contributed by atoms with Gasteiger partial charge in [-0.3, -0.25) is 9.69 Å². The third-order valence-electron chi connectivity index (χ3n) is 2.78. The largest absolute Gasteiger partial charge is 0.480 e. The molecule has 0 spiro atoms. The average Bonchev–Trinajstić information content (AvgIpc) is 2.08. The first-order valence-corrected chi connectivity index (χ1v) is 4.79. The maximum Gasteiger partial charge on any atom is 0.321 e. The molecule has 0 aromatic carbocycles. The van der Waals surface area contributed by atoms with Crippen molar-refractivity contribution in [1.29, 1.82) is 0 Å². The summed E-state index contributed by atoms with van der Waals surface area (Å²) in [7, 11) is 3.28. The third-order valence-corrected chi connectivity index (χ3v) is 2.78. The van der Waals surface area contributed by atoms with Crippen molar-refractivity contribution >= 4 is 5.97 Å². The Morgan fingerprint density at radius 3 is 2.53 bits per heavy atom. The van der Waals surface area contributed by atoms with E-state index in [0.717, 1.165) is 0 Å². The Labute approximate surface area is 88.9 Å². The number of hydrogen-bond donors (Lipinski definition) is 1. The average molecular weight is 213 g/mol. The molecule has 0 radical (unpaired) electrons. The molecular weight excluding hydrogens is 197 g/mol. The Balaban J connectivity index is 3.06. The van der Waals surface area contributed by atoms with E-state index in [0.29, 0.717) is 0 Å². The summed E-state index contributed by atoms with van der Waals surface area (Å²) >= 11 is 0. The molecule has 4 heteroatoms. The van der Waals surface area contributed by atoms with Crippen LogP contribution in [0.25, 0.3) is 0 Å². The quantitative estimate of drug-likeness (QED) is 0.771. The molecule has 0 aromatic heterocycles. The minimum Gasteiger partial charge on any atom is -0.480 e. The van der Waals surface area contributed by atoms with Gasteiger partial charge in [0, 0.05) is 5.41 Å². The fourth-order valence-electron chi connectivity index (χ4n) is 2.01. The van der Waals surface area contributed by atoms with Crippen molar-refractivity contribution in [2.24, 2.45) is 5.41 Å². The number of carbonyl (C=O) groups is 1. The van der Waals surface area contributed by atoms with Gasteiger partial charge in [-0.15, -0.1) is 0 Å². The van der Waals surface area contributed by atoms with Crippen LogP contribution >= 0.6 is 0 Å². The highest BCUT2D eigenvalue weighted by Crippen LogP contribution is 2.35. The zero-order valence-corrected chi connectivity index (χ0v) is 9.14. The van der Waals surface area contributed by atoms with Crippen LogP contribution in [0.15, 0.2) is 24.3 Å². The van der Waals surface area contributed by atoms with Gasteiger partial charge >= 0.3 is 5.97 Å². The molecule has 0 saturated carbocycles. The van der Waals surface area contributed by atoms with Crippen molar-refractivity contribution in [2.75, 3.05) is 14.1 Å². The second-order valence-corrected chi connectivity index (χ2v) is 4.22. The number of halogens is 1. The molecule has 0 heterocycles. The lowest BCUT2D eigenvalue weighted by molar-refractivity contribution is -0.147. The number of likely N-dealkylation sites (N-methyl/N-ethyl adjacent to an activating group) is 1. The van der Waals surface area contributed by atoms with Crippen molar-refractivity contribution in [3.8, 4) is 0 Å². The van der Waals surface area contributed by atoms with Gasteiger partial charge in [0.15, 0.2) is 0 Å². The lowest BCUT2D eigenvalue weighted by Gasteiger charge is -2.38. The first-order valence-electron chi connectivity index (χ1n) is 4.79. The number of alkyl halides is 1. The predicted octanol–water partition coefficient (Wildman–Crippen LogP) is 1.47. The maximum atomic E-state index is 13.8. The lowest BCUT2D eigenvalue weighted by Crippen LogP contribution is -2.52. The summed E-state index contributed by atoms with van der Waals surface area (Å²) in [6.07, 6.45) is 5.03. The lowest BCUT2D eigenvalue weighted by atomic mass is 9.75. The van der Waals surface area contributed by atoms with E-state index < -0.39 is 23.6 Å². The number of aliphatic carboxylic acids is 1. The van der Waals surface area contributed by atoms with Gasteiger partial charge in [-0.05, 0) is 20.2 Å². The summed E-state index contributed by atoms with van der Waals surface area (Å²) < 4.78 is 13.8. The van der Waals surface area contributed by atoms with Crippen LogP contribution in [0.5, 0.6) is 0 Å². The molecule has 1 aliphatic rings. The van der Waals surface area contributed by atoms with Crippen LogP contribution in [-0.4, -0.2) is 42.3 Å². The summed E-state index contributed by atoms with van der Waals surface area (Å²) in [5, 5.41) is 9.11. The van der Waals surface area contributed by atoms with Crippen LogP contribution in [0.1, 0.15) is 6.92 Å². The molecule has 1 rings (SSSR count). The van der Waals surface area contributed by atoms with Crippen molar-refractivity contribution < 1.29 is 14.3 Å². The van der Waals surface area contributed by atoms with Crippen LogP contribution in [0.3, 0.4) is 0 Å².